The summed E-state index contributed by atoms with van der Waals surface area (Å²) in [6.45, 7) is 5.04. The Morgan fingerprint density at radius 1 is 1.50 bits per heavy atom. The molecule has 1 heterocycles. The summed E-state index contributed by atoms with van der Waals surface area (Å²) in [7, 11) is 2.15. The van der Waals surface area contributed by atoms with Crippen LogP contribution >= 0.6 is 11.6 Å². The van der Waals surface area contributed by atoms with E-state index in [1.807, 2.05) is 12.1 Å². The SMILES string of the molecule is CCC1CN(c2ccc(Cl)cc2C(N)=NO)CCN1C. The van der Waals surface area contributed by atoms with Crippen LogP contribution in [0.2, 0.25) is 5.02 Å². The van der Waals surface area contributed by atoms with Crippen LogP contribution in [0, 0.1) is 0 Å². The second-order valence-electron chi connectivity index (χ2n) is 5.14. The third-order valence-corrected chi connectivity index (χ3v) is 4.17. The molecule has 1 fully saturated rings. The highest BCUT2D eigenvalue weighted by Crippen LogP contribution is 2.26. The average molecular weight is 297 g/mol. The number of rotatable bonds is 3. The maximum absolute atomic E-state index is 8.94. The summed E-state index contributed by atoms with van der Waals surface area (Å²) in [6.07, 6.45) is 1.10. The molecule has 0 amide bonds. The predicted octanol–water partition coefficient (Wildman–Crippen LogP) is 1.96. The van der Waals surface area contributed by atoms with Crippen molar-refractivity contribution in [1.29, 1.82) is 0 Å². The Labute approximate surface area is 124 Å². The Bertz CT molecular complexity index is 506. The number of anilines is 1. The van der Waals surface area contributed by atoms with Gasteiger partial charge < -0.3 is 15.8 Å². The minimum Gasteiger partial charge on any atom is -0.409 e. The lowest BCUT2D eigenvalue weighted by atomic mass is 10.1. The van der Waals surface area contributed by atoms with Crippen molar-refractivity contribution in [2.24, 2.45) is 10.9 Å². The number of nitrogens with zero attached hydrogens (tertiary/aromatic N) is 3. The number of amidine groups is 1. The van der Waals surface area contributed by atoms with Crippen LogP contribution < -0.4 is 10.6 Å². The van der Waals surface area contributed by atoms with Gasteiger partial charge in [0.1, 0.15) is 0 Å². The molecule has 6 heteroatoms. The number of oxime groups is 1. The topological polar surface area (TPSA) is 65.1 Å². The van der Waals surface area contributed by atoms with Gasteiger partial charge in [-0.05, 0) is 31.7 Å². The lowest BCUT2D eigenvalue weighted by molar-refractivity contribution is 0.213. The van der Waals surface area contributed by atoms with Gasteiger partial charge in [-0.15, -0.1) is 0 Å². The molecule has 0 radical (unpaired) electrons. The van der Waals surface area contributed by atoms with Crippen LogP contribution in [0.4, 0.5) is 5.69 Å². The molecular formula is C14H21ClN4O. The fourth-order valence-electron chi connectivity index (χ4n) is 2.65. The largest absolute Gasteiger partial charge is 0.409 e. The van der Waals surface area contributed by atoms with Gasteiger partial charge in [0.15, 0.2) is 5.84 Å². The number of piperazine rings is 1. The molecule has 1 aliphatic heterocycles. The van der Waals surface area contributed by atoms with Crippen molar-refractivity contribution < 1.29 is 5.21 Å². The number of likely N-dealkylation sites (N-methyl/N-ethyl adjacent to an activating group) is 1. The molecule has 3 N–H and O–H groups in total. The summed E-state index contributed by atoms with van der Waals surface area (Å²) in [5.41, 5.74) is 7.42. The molecule has 0 aromatic heterocycles. The van der Waals surface area contributed by atoms with Gasteiger partial charge in [-0.3, -0.25) is 4.90 Å². The highest BCUT2D eigenvalue weighted by Gasteiger charge is 2.25. The molecule has 0 saturated carbocycles. The van der Waals surface area contributed by atoms with E-state index in [-0.39, 0.29) is 5.84 Å². The summed E-state index contributed by atoms with van der Waals surface area (Å²) < 4.78 is 0. The molecule has 5 nitrogen and oxygen atoms in total. The Morgan fingerprint density at radius 2 is 2.25 bits per heavy atom. The van der Waals surface area contributed by atoms with Crippen molar-refractivity contribution in [3.63, 3.8) is 0 Å². The number of hydrogen-bond acceptors (Lipinski definition) is 4. The summed E-state index contributed by atoms with van der Waals surface area (Å²) >= 11 is 6.02. The van der Waals surface area contributed by atoms with Crippen LogP contribution in [0.5, 0.6) is 0 Å². The summed E-state index contributed by atoms with van der Waals surface area (Å²) in [4.78, 5) is 4.65. The van der Waals surface area contributed by atoms with Crippen molar-refractivity contribution in [2.75, 3.05) is 31.6 Å². The van der Waals surface area contributed by atoms with Gasteiger partial charge in [-0.2, -0.15) is 0 Å². The van der Waals surface area contributed by atoms with Crippen molar-refractivity contribution >= 4 is 23.1 Å². The van der Waals surface area contributed by atoms with E-state index in [4.69, 9.17) is 22.5 Å². The first-order valence-corrected chi connectivity index (χ1v) is 7.17. The molecule has 0 bridgehead atoms. The molecule has 0 spiro atoms. The van der Waals surface area contributed by atoms with E-state index >= 15 is 0 Å². The first kappa shape index (κ1) is 14.9. The Hall–Kier alpha value is -1.46. The second-order valence-corrected chi connectivity index (χ2v) is 5.57. The van der Waals surface area contributed by atoms with Gasteiger partial charge in [-0.1, -0.05) is 23.7 Å². The van der Waals surface area contributed by atoms with Gasteiger partial charge in [0.05, 0.1) is 0 Å². The minimum atomic E-state index is 0.0921. The van der Waals surface area contributed by atoms with E-state index in [0.717, 1.165) is 31.7 Å². The molecule has 2 rings (SSSR count). The summed E-state index contributed by atoms with van der Waals surface area (Å²) in [6, 6.07) is 6.03. The molecule has 1 aliphatic rings. The quantitative estimate of drug-likeness (QED) is 0.387. The Kier molecular flexibility index (Phi) is 4.73. The van der Waals surface area contributed by atoms with Gasteiger partial charge >= 0.3 is 0 Å². The number of halogens is 1. The molecule has 1 atom stereocenters. The third kappa shape index (κ3) is 2.99. The zero-order valence-electron chi connectivity index (χ0n) is 11.9. The van der Waals surface area contributed by atoms with Crippen molar-refractivity contribution in [3.8, 4) is 0 Å². The lowest BCUT2D eigenvalue weighted by Gasteiger charge is -2.41. The first-order chi connectivity index (χ1) is 9.56. The Morgan fingerprint density at radius 3 is 2.90 bits per heavy atom. The molecule has 110 valence electrons. The fourth-order valence-corrected chi connectivity index (χ4v) is 2.82. The lowest BCUT2D eigenvalue weighted by Crippen LogP contribution is -2.51. The van der Waals surface area contributed by atoms with Crippen molar-refractivity contribution in [2.45, 2.75) is 19.4 Å². The van der Waals surface area contributed by atoms with Crippen LogP contribution in [0.15, 0.2) is 23.4 Å². The van der Waals surface area contributed by atoms with E-state index in [1.54, 1.807) is 6.07 Å². The van der Waals surface area contributed by atoms with Gasteiger partial charge in [0.2, 0.25) is 0 Å². The van der Waals surface area contributed by atoms with Crippen LogP contribution in [0.25, 0.3) is 0 Å². The maximum atomic E-state index is 8.94. The second kappa shape index (κ2) is 6.33. The van der Waals surface area contributed by atoms with E-state index in [0.29, 0.717) is 16.6 Å². The van der Waals surface area contributed by atoms with E-state index in [1.165, 1.54) is 0 Å². The summed E-state index contributed by atoms with van der Waals surface area (Å²) in [5.74, 6) is 0.0921. The first-order valence-electron chi connectivity index (χ1n) is 6.79. The highest BCUT2D eigenvalue weighted by atomic mass is 35.5. The van der Waals surface area contributed by atoms with E-state index in [9.17, 15) is 0 Å². The zero-order chi connectivity index (χ0) is 14.7. The monoisotopic (exact) mass is 296 g/mol. The van der Waals surface area contributed by atoms with Gasteiger partial charge in [-0.25, -0.2) is 0 Å². The Balaban J connectivity index is 2.33. The molecule has 1 aromatic carbocycles. The molecule has 20 heavy (non-hydrogen) atoms. The molecule has 0 aliphatic carbocycles. The molecule has 1 unspecified atom stereocenters. The van der Waals surface area contributed by atoms with Crippen LogP contribution in [0.1, 0.15) is 18.9 Å². The van der Waals surface area contributed by atoms with Crippen LogP contribution in [0.3, 0.4) is 0 Å². The van der Waals surface area contributed by atoms with Crippen molar-refractivity contribution in [3.05, 3.63) is 28.8 Å². The minimum absolute atomic E-state index is 0.0921. The van der Waals surface area contributed by atoms with Crippen LogP contribution in [-0.2, 0) is 0 Å². The van der Waals surface area contributed by atoms with Gasteiger partial charge in [0, 0.05) is 41.9 Å². The zero-order valence-corrected chi connectivity index (χ0v) is 12.6. The number of hydrogen-bond donors (Lipinski definition) is 2. The number of benzene rings is 1. The molecule has 1 aromatic rings. The third-order valence-electron chi connectivity index (χ3n) is 3.93. The van der Waals surface area contributed by atoms with Gasteiger partial charge in [0.25, 0.3) is 0 Å². The van der Waals surface area contributed by atoms with E-state index < -0.39 is 0 Å². The summed E-state index contributed by atoms with van der Waals surface area (Å²) in [5, 5.41) is 12.6. The molecular weight excluding hydrogens is 276 g/mol. The standard InChI is InChI=1S/C14H21ClN4O/c1-3-11-9-19(7-6-18(11)2)13-5-4-10(15)8-12(13)14(16)17-20/h4-5,8,11,20H,3,6-7,9H2,1-2H3,(H2,16,17). The number of nitrogens with two attached hydrogens (primary N) is 1. The predicted molar refractivity (Wildman–Crippen MR) is 82.9 cm³/mol. The maximum Gasteiger partial charge on any atom is 0.172 e. The fraction of sp³-hybridized carbons (Fsp3) is 0.500. The normalized spacial score (nSPS) is 21.2. The smallest absolute Gasteiger partial charge is 0.172 e. The highest BCUT2D eigenvalue weighted by molar-refractivity contribution is 6.31. The average Bonchev–Trinajstić information content (AvgIpc) is 2.47. The van der Waals surface area contributed by atoms with Crippen LogP contribution in [-0.4, -0.2) is 48.7 Å². The van der Waals surface area contributed by atoms with E-state index in [2.05, 4.69) is 28.9 Å². The molecule has 1 saturated heterocycles. The van der Waals surface area contributed by atoms with Crippen molar-refractivity contribution in [1.82, 2.24) is 4.90 Å².